The second kappa shape index (κ2) is 12.1. The lowest BCUT2D eigenvalue weighted by molar-refractivity contribution is -0.113. The van der Waals surface area contributed by atoms with Crippen LogP contribution in [0.15, 0.2) is 87.8 Å². The topological polar surface area (TPSA) is 81.9 Å². The summed E-state index contributed by atoms with van der Waals surface area (Å²) in [5.74, 6) is 1.76. The first kappa shape index (κ1) is 27.1. The maximum Gasteiger partial charge on any atom is 0.236 e. The molecule has 5 rings (SSSR count). The van der Waals surface area contributed by atoms with Crippen LogP contribution in [-0.2, 0) is 4.79 Å². The van der Waals surface area contributed by atoms with Gasteiger partial charge < -0.3 is 10.1 Å². The minimum Gasteiger partial charge on any atom is -0.497 e. The van der Waals surface area contributed by atoms with Crippen LogP contribution in [0.4, 0.5) is 5.13 Å². The van der Waals surface area contributed by atoms with Gasteiger partial charge in [-0.3, -0.25) is 9.36 Å². The molecule has 198 valence electrons. The first-order valence-corrected chi connectivity index (χ1v) is 14.9. The number of amides is 1. The predicted molar refractivity (Wildman–Crippen MR) is 162 cm³/mol. The molecule has 7 nitrogen and oxygen atoms in total. The maximum atomic E-state index is 12.9. The van der Waals surface area contributed by atoms with Crippen molar-refractivity contribution in [3.8, 4) is 34.1 Å². The Balaban J connectivity index is 1.39. The zero-order valence-electron chi connectivity index (χ0n) is 21.6. The summed E-state index contributed by atoms with van der Waals surface area (Å²) < 4.78 is 8.33. The van der Waals surface area contributed by atoms with Crippen molar-refractivity contribution < 1.29 is 9.53 Å². The van der Waals surface area contributed by atoms with E-state index in [1.807, 2.05) is 70.6 Å². The Morgan fingerprint density at radius 3 is 2.59 bits per heavy atom. The first-order chi connectivity index (χ1) is 18.9. The van der Waals surface area contributed by atoms with E-state index < -0.39 is 0 Å². The number of nitrogens with zero attached hydrogens (tertiary/aromatic N) is 4. The number of hydrogen-bond donors (Lipinski definition) is 1. The third kappa shape index (κ3) is 6.24. The van der Waals surface area contributed by atoms with Crippen molar-refractivity contribution in [2.45, 2.75) is 24.9 Å². The molecule has 0 fully saturated rings. The number of carbonyl (C=O) groups excluding carboxylic acids is 1. The highest BCUT2D eigenvalue weighted by molar-refractivity contribution is 9.10. The number of hydrogen-bond acceptors (Lipinski definition) is 7. The molecule has 39 heavy (non-hydrogen) atoms. The minimum atomic E-state index is -0.159. The molecule has 3 aromatic carbocycles. The third-order valence-electron chi connectivity index (χ3n) is 5.98. The van der Waals surface area contributed by atoms with Crippen molar-refractivity contribution in [2.24, 2.45) is 0 Å². The Morgan fingerprint density at radius 1 is 1.05 bits per heavy atom. The van der Waals surface area contributed by atoms with Crippen LogP contribution in [-0.4, -0.2) is 38.5 Å². The molecule has 2 aromatic heterocycles. The number of benzene rings is 3. The number of halogens is 1. The van der Waals surface area contributed by atoms with Crippen molar-refractivity contribution in [2.75, 3.05) is 18.2 Å². The molecule has 0 unspecified atom stereocenters. The van der Waals surface area contributed by atoms with Crippen LogP contribution in [0.3, 0.4) is 0 Å². The molecule has 1 N–H and O–H groups in total. The molecule has 10 heteroatoms. The van der Waals surface area contributed by atoms with Gasteiger partial charge in [0.2, 0.25) is 5.91 Å². The number of aromatic nitrogens is 4. The molecule has 0 spiro atoms. The second-order valence-electron chi connectivity index (χ2n) is 8.97. The van der Waals surface area contributed by atoms with Crippen molar-refractivity contribution in [1.82, 2.24) is 19.7 Å². The van der Waals surface area contributed by atoms with E-state index in [0.717, 1.165) is 32.7 Å². The number of nitrogens with one attached hydrogen (secondary N) is 1. The summed E-state index contributed by atoms with van der Waals surface area (Å²) >= 11 is 6.23. The van der Waals surface area contributed by atoms with Crippen LogP contribution in [0.2, 0.25) is 0 Å². The summed E-state index contributed by atoms with van der Waals surface area (Å²) in [5.41, 5.74) is 4.86. The van der Waals surface area contributed by atoms with Crippen molar-refractivity contribution in [3.63, 3.8) is 0 Å². The van der Waals surface area contributed by atoms with Crippen LogP contribution in [0.25, 0.3) is 28.3 Å². The lowest BCUT2D eigenvalue weighted by Gasteiger charge is -2.17. The Kier molecular flexibility index (Phi) is 8.44. The van der Waals surface area contributed by atoms with Crippen LogP contribution in [0.5, 0.6) is 5.75 Å². The summed E-state index contributed by atoms with van der Waals surface area (Å²) in [6, 6.07) is 23.9. The number of para-hydroxylation sites is 1. The molecule has 0 saturated carbocycles. The molecule has 0 aliphatic carbocycles. The van der Waals surface area contributed by atoms with Gasteiger partial charge in [-0.25, -0.2) is 4.98 Å². The molecule has 1 amide bonds. The van der Waals surface area contributed by atoms with Crippen molar-refractivity contribution >= 4 is 50.1 Å². The highest BCUT2D eigenvalue weighted by atomic mass is 79.9. The average molecular weight is 621 g/mol. The fourth-order valence-corrected chi connectivity index (χ4v) is 5.96. The summed E-state index contributed by atoms with van der Waals surface area (Å²) in [6.45, 7) is 4.32. The van der Waals surface area contributed by atoms with E-state index in [1.165, 1.54) is 28.7 Å². The van der Waals surface area contributed by atoms with E-state index >= 15 is 0 Å². The number of anilines is 1. The van der Waals surface area contributed by atoms with Gasteiger partial charge in [-0.1, -0.05) is 71.9 Å². The van der Waals surface area contributed by atoms with Crippen molar-refractivity contribution in [3.05, 3.63) is 88.2 Å². The number of ether oxygens (including phenoxy) is 1. The number of methoxy groups -OCH3 is 1. The van der Waals surface area contributed by atoms with Crippen LogP contribution < -0.4 is 10.1 Å². The van der Waals surface area contributed by atoms with Crippen molar-refractivity contribution in [1.29, 1.82) is 0 Å². The standard InChI is InChI=1S/C29H26BrN5O2S2/c1-18(2)23-9-4-5-10-25(23)35-27(19-11-13-22(37-3)14-12-19)33-34-29(35)39-17-26(36)32-28-31-24(16-38-28)20-7-6-8-21(30)15-20/h4-16,18H,17H2,1-3H3,(H,31,32,36). The Labute approximate surface area is 243 Å². The van der Waals surface area contributed by atoms with E-state index in [4.69, 9.17) is 4.74 Å². The lowest BCUT2D eigenvalue weighted by atomic mass is 10.0. The average Bonchev–Trinajstić information content (AvgIpc) is 3.59. The summed E-state index contributed by atoms with van der Waals surface area (Å²) in [6.07, 6.45) is 0. The van der Waals surface area contributed by atoms with Gasteiger partial charge in [-0.2, -0.15) is 0 Å². The van der Waals surface area contributed by atoms with Gasteiger partial charge in [0.05, 0.1) is 24.2 Å². The quantitative estimate of drug-likeness (QED) is 0.170. The van der Waals surface area contributed by atoms with E-state index in [9.17, 15) is 4.79 Å². The van der Waals surface area contributed by atoms with Crippen LogP contribution in [0.1, 0.15) is 25.3 Å². The molecule has 0 radical (unpaired) electrons. The Morgan fingerprint density at radius 2 is 1.85 bits per heavy atom. The molecule has 0 aliphatic heterocycles. The molecule has 0 saturated heterocycles. The zero-order valence-corrected chi connectivity index (χ0v) is 24.8. The molecule has 5 aromatic rings. The van der Waals surface area contributed by atoms with Gasteiger partial charge in [0.15, 0.2) is 16.1 Å². The van der Waals surface area contributed by atoms with Gasteiger partial charge in [-0.15, -0.1) is 21.5 Å². The predicted octanol–water partition coefficient (Wildman–Crippen LogP) is 7.68. The first-order valence-electron chi connectivity index (χ1n) is 12.3. The fourth-order valence-electron chi connectivity index (χ4n) is 4.08. The minimum absolute atomic E-state index is 0.159. The molecular formula is C29H26BrN5O2S2. The smallest absolute Gasteiger partial charge is 0.236 e. The fraction of sp³-hybridized carbons (Fsp3) is 0.172. The summed E-state index contributed by atoms with van der Waals surface area (Å²) in [4.78, 5) is 17.5. The summed E-state index contributed by atoms with van der Waals surface area (Å²) in [5, 5.41) is 15.1. The number of carbonyl (C=O) groups is 1. The van der Waals surface area contributed by atoms with E-state index in [2.05, 4.69) is 62.4 Å². The number of thiazole rings is 1. The lowest BCUT2D eigenvalue weighted by Crippen LogP contribution is -2.14. The Bertz CT molecular complexity index is 1600. The monoisotopic (exact) mass is 619 g/mol. The van der Waals surface area contributed by atoms with Gasteiger partial charge in [0.25, 0.3) is 0 Å². The molecule has 0 bridgehead atoms. The normalized spacial score (nSPS) is 11.1. The molecular weight excluding hydrogens is 594 g/mol. The second-order valence-corrected chi connectivity index (χ2v) is 11.7. The van der Waals surface area contributed by atoms with Gasteiger partial charge in [0, 0.05) is 21.0 Å². The SMILES string of the molecule is COc1ccc(-c2nnc(SCC(=O)Nc3nc(-c4cccc(Br)c4)cs3)n2-c2ccccc2C(C)C)cc1. The van der Waals surface area contributed by atoms with Gasteiger partial charge >= 0.3 is 0 Å². The Hall–Kier alpha value is -3.47. The van der Waals surface area contributed by atoms with Gasteiger partial charge in [-0.05, 0) is 53.9 Å². The van der Waals surface area contributed by atoms with Crippen LogP contribution >= 0.6 is 39.0 Å². The largest absolute Gasteiger partial charge is 0.497 e. The van der Waals surface area contributed by atoms with Crippen LogP contribution in [0, 0.1) is 0 Å². The molecule has 0 aliphatic rings. The maximum absolute atomic E-state index is 12.9. The third-order valence-corrected chi connectivity index (χ3v) is 8.16. The van der Waals surface area contributed by atoms with Gasteiger partial charge in [0.1, 0.15) is 5.75 Å². The number of thioether (sulfide) groups is 1. The summed E-state index contributed by atoms with van der Waals surface area (Å²) in [7, 11) is 1.64. The van der Waals surface area contributed by atoms with E-state index in [1.54, 1.807) is 7.11 Å². The molecule has 0 atom stereocenters. The zero-order chi connectivity index (χ0) is 27.4. The van der Waals surface area contributed by atoms with E-state index in [-0.39, 0.29) is 17.6 Å². The number of rotatable bonds is 9. The molecule has 2 heterocycles. The highest BCUT2D eigenvalue weighted by Crippen LogP contribution is 2.33. The van der Waals surface area contributed by atoms with E-state index in [0.29, 0.717) is 16.1 Å². The highest BCUT2D eigenvalue weighted by Gasteiger charge is 2.20.